The summed E-state index contributed by atoms with van der Waals surface area (Å²) >= 11 is 6.21. The number of amides is 1. The number of hydrogen-bond acceptors (Lipinski definition) is 5. The van der Waals surface area contributed by atoms with Crippen LogP contribution in [0.2, 0.25) is 5.15 Å². The van der Waals surface area contributed by atoms with Crippen molar-refractivity contribution in [2.75, 3.05) is 5.32 Å². The molecule has 0 bridgehead atoms. The molecule has 0 aliphatic rings. The molecule has 3 heterocycles. The van der Waals surface area contributed by atoms with E-state index < -0.39 is 0 Å². The average molecular weight is 403 g/mol. The number of benzene rings is 1. The van der Waals surface area contributed by atoms with Crippen LogP contribution in [-0.4, -0.2) is 25.5 Å². The van der Waals surface area contributed by atoms with Crippen molar-refractivity contribution in [3.8, 4) is 28.5 Å². The van der Waals surface area contributed by atoms with Crippen LogP contribution in [0.15, 0.2) is 48.7 Å². The van der Waals surface area contributed by atoms with E-state index in [1.165, 1.54) is 6.92 Å². The van der Waals surface area contributed by atoms with Crippen molar-refractivity contribution in [3.05, 3.63) is 65.1 Å². The fourth-order valence-electron chi connectivity index (χ4n) is 3.16. The van der Waals surface area contributed by atoms with Crippen LogP contribution in [0.5, 0.6) is 0 Å². The van der Waals surface area contributed by atoms with Gasteiger partial charge in [0.05, 0.1) is 17.2 Å². The summed E-state index contributed by atoms with van der Waals surface area (Å²) in [5, 5.41) is 17.0. The Kier molecular flexibility index (Phi) is 4.71. The zero-order chi connectivity index (χ0) is 20.5. The quantitative estimate of drug-likeness (QED) is 0.517. The van der Waals surface area contributed by atoms with Gasteiger partial charge in [-0.2, -0.15) is 10.4 Å². The largest absolute Gasteiger partial charge is 0.311 e. The summed E-state index contributed by atoms with van der Waals surface area (Å²) in [4.78, 5) is 20.3. The van der Waals surface area contributed by atoms with E-state index in [9.17, 15) is 10.1 Å². The molecule has 4 rings (SSSR count). The average Bonchev–Trinajstić information content (AvgIpc) is 3.05. The van der Waals surface area contributed by atoms with Crippen molar-refractivity contribution >= 4 is 29.0 Å². The number of aryl methyl sites for hydroxylation is 1. The summed E-state index contributed by atoms with van der Waals surface area (Å²) < 4.78 is 1.64. The van der Waals surface area contributed by atoms with Gasteiger partial charge in [0.1, 0.15) is 16.7 Å². The van der Waals surface area contributed by atoms with E-state index in [0.717, 1.165) is 22.4 Å². The Hall–Kier alpha value is -3.76. The molecule has 1 aromatic carbocycles. The Labute approximate surface area is 171 Å². The van der Waals surface area contributed by atoms with Gasteiger partial charge in [0.25, 0.3) is 0 Å². The highest BCUT2D eigenvalue weighted by molar-refractivity contribution is 6.29. The number of nitrogens with one attached hydrogen (secondary N) is 1. The zero-order valence-electron chi connectivity index (χ0n) is 15.6. The Morgan fingerprint density at radius 3 is 2.72 bits per heavy atom. The number of fused-ring (bicyclic) bond motifs is 1. The molecule has 0 atom stereocenters. The third kappa shape index (κ3) is 3.66. The summed E-state index contributed by atoms with van der Waals surface area (Å²) in [6.45, 7) is 3.28. The summed E-state index contributed by atoms with van der Waals surface area (Å²) in [7, 11) is 0. The number of halogens is 1. The first kappa shape index (κ1) is 18.6. The number of nitrogens with zero attached hydrogens (tertiary/aromatic N) is 5. The molecule has 4 aromatic rings. The highest BCUT2D eigenvalue weighted by Gasteiger charge is 2.19. The second kappa shape index (κ2) is 7.34. The van der Waals surface area contributed by atoms with E-state index in [1.54, 1.807) is 35.0 Å². The van der Waals surface area contributed by atoms with Gasteiger partial charge >= 0.3 is 0 Å². The zero-order valence-corrected chi connectivity index (χ0v) is 16.4. The van der Waals surface area contributed by atoms with Crippen LogP contribution in [0.1, 0.15) is 18.2 Å². The van der Waals surface area contributed by atoms with E-state index in [-0.39, 0.29) is 5.91 Å². The molecule has 0 unspecified atom stereocenters. The minimum absolute atomic E-state index is 0.215. The van der Waals surface area contributed by atoms with Gasteiger partial charge in [-0.1, -0.05) is 23.7 Å². The van der Waals surface area contributed by atoms with Gasteiger partial charge in [-0.05, 0) is 42.8 Å². The summed E-state index contributed by atoms with van der Waals surface area (Å²) in [5.74, 6) is 0.202. The highest BCUT2D eigenvalue weighted by Crippen LogP contribution is 2.36. The lowest BCUT2D eigenvalue weighted by atomic mass is 10.00. The van der Waals surface area contributed by atoms with Gasteiger partial charge in [0, 0.05) is 24.4 Å². The van der Waals surface area contributed by atoms with Gasteiger partial charge in [0.2, 0.25) is 5.91 Å². The van der Waals surface area contributed by atoms with E-state index in [1.807, 2.05) is 25.1 Å². The second-order valence-electron chi connectivity index (χ2n) is 6.50. The minimum Gasteiger partial charge on any atom is -0.311 e. The van der Waals surface area contributed by atoms with Crippen molar-refractivity contribution in [3.63, 3.8) is 0 Å². The molecule has 3 aromatic heterocycles. The maximum absolute atomic E-state index is 11.5. The predicted octanol–water partition coefficient (Wildman–Crippen LogP) is 4.25. The molecule has 0 spiro atoms. The Morgan fingerprint density at radius 2 is 2.00 bits per heavy atom. The standard InChI is InChI=1S/C21H15ClN6O/c1-12-8-16(10-17(22)24-12)19-20(15-5-3-4-14(9-15)11-23)27-28-7-6-18(25-13(2)29)26-21(19)28/h3-10H,1-2H3,(H,25,26,29). The van der Waals surface area contributed by atoms with Crippen LogP contribution in [0, 0.1) is 18.3 Å². The lowest BCUT2D eigenvalue weighted by Crippen LogP contribution is -2.08. The predicted molar refractivity (Wildman–Crippen MR) is 110 cm³/mol. The number of pyridine rings is 1. The third-order valence-electron chi connectivity index (χ3n) is 4.27. The van der Waals surface area contributed by atoms with Crippen LogP contribution in [0.25, 0.3) is 28.0 Å². The molecule has 0 aliphatic heterocycles. The first-order chi connectivity index (χ1) is 13.9. The molecule has 0 aliphatic carbocycles. The van der Waals surface area contributed by atoms with E-state index in [0.29, 0.717) is 27.9 Å². The molecule has 1 amide bonds. The number of hydrogen-bond donors (Lipinski definition) is 1. The summed E-state index contributed by atoms with van der Waals surface area (Å²) in [6.07, 6.45) is 1.73. The van der Waals surface area contributed by atoms with Gasteiger partial charge < -0.3 is 5.32 Å². The van der Waals surface area contributed by atoms with Crippen molar-refractivity contribution in [1.29, 1.82) is 5.26 Å². The molecule has 8 heteroatoms. The van der Waals surface area contributed by atoms with Crippen LogP contribution >= 0.6 is 11.6 Å². The Morgan fingerprint density at radius 1 is 1.17 bits per heavy atom. The molecular formula is C21H15ClN6O. The van der Waals surface area contributed by atoms with Crippen LogP contribution in [-0.2, 0) is 4.79 Å². The van der Waals surface area contributed by atoms with Crippen LogP contribution < -0.4 is 5.32 Å². The fourth-order valence-corrected chi connectivity index (χ4v) is 3.41. The maximum atomic E-state index is 11.5. The van der Waals surface area contributed by atoms with Gasteiger partial charge in [0.15, 0.2) is 5.65 Å². The second-order valence-corrected chi connectivity index (χ2v) is 6.89. The fraction of sp³-hybridized carbons (Fsp3) is 0.0952. The Balaban J connectivity index is 2.04. The van der Waals surface area contributed by atoms with Gasteiger partial charge in [-0.15, -0.1) is 0 Å². The SMILES string of the molecule is CC(=O)Nc1ccn2nc(-c3cccc(C#N)c3)c(-c3cc(C)nc(Cl)c3)c2n1. The monoisotopic (exact) mass is 402 g/mol. The molecule has 0 fully saturated rings. The molecular weight excluding hydrogens is 388 g/mol. The lowest BCUT2D eigenvalue weighted by Gasteiger charge is -2.06. The summed E-state index contributed by atoms with van der Waals surface area (Å²) in [5.41, 5.74) is 4.78. The first-order valence-electron chi connectivity index (χ1n) is 8.76. The molecule has 1 N–H and O–H groups in total. The number of nitriles is 1. The number of aromatic nitrogens is 4. The first-order valence-corrected chi connectivity index (χ1v) is 9.14. The van der Waals surface area contributed by atoms with Crippen LogP contribution in [0.3, 0.4) is 0 Å². The van der Waals surface area contributed by atoms with E-state index in [2.05, 4.69) is 26.5 Å². The van der Waals surface area contributed by atoms with Crippen molar-refractivity contribution in [2.45, 2.75) is 13.8 Å². The van der Waals surface area contributed by atoms with Crippen molar-refractivity contribution < 1.29 is 4.79 Å². The lowest BCUT2D eigenvalue weighted by molar-refractivity contribution is -0.114. The van der Waals surface area contributed by atoms with Gasteiger partial charge in [-0.3, -0.25) is 4.79 Å². The maximum Gasteiger partial charge on any atom is 0.222 e. The molecule has 142 valence electrons. The molecule has 0 saturated heterocycles. The third-order valence-corrected chi connectivity index (χ3v) is 4.46. The van der Waals surface area contributed by atoms with Crippen molar-refractivity contribution in [1.82, 2.24) is 19.6 Å². The Bertz CT molecular complexity index is 1280. The molecule has 0 saturated carbocycles. The molecule has 7 nitrogen and oxygen atoms in total. The minimum atomic E-state index is -0.215. The molecule has 29 heavy (non-hydrogen) atoms. The number of carbonyl (C=O) groups is 1. The van der Waals surface area contributed by atoms with Crippen molar-refractivity contribution in [2.24, 2.45) is 0 Å². The topological polar surface area (TPSA) is 96.0 Å². The van der Waals surface area contributed by atoms with E-state index in [4.69, 9.17) is 11.6 Å². The van der Waals surface area contributed by atoms with Crippen LogP contribution in [0.4, 0.5) is 5.82 Å². The normalized spacial score (nSPS) is 10.7. The summed E-state index contributed by atoms with van der Waals surface area (Å²) in [6, 6.07) is 14.7. The number of anilines is 1. The van der Waals surface area contributed by atoms with Gasteiger partial charge in [-0.25, -0.2) is 14.5 Å². The molecule has 0 radical (unpaired) electrons. The smallest absolute Gasteiger partial charge is 0.222 e. The van der Waals surface area contributed by atoms with E-state index >= 15 is 0 Å². The number of carbonyl (C=O) groups excluding carboxylic acids is 1. The highest BCUT2D eigenvalue weighted by atomic mass is 35.5. The number of rotatable bonds is 3.